The Bertz CT molecular complexity index is 734. The predicted octanol–water partition coefficient (Wildman–Crippen LogP) is 5.38. The smallest absolute Gasteiger partial charge is 0.412 e. The highest BCUT2D eigenvalue weighted by molar-refractivity contribution is 6.32. The van der Waals surface area contributed by atoms with Crippen molar-refractivity contribution in [3.05, 3.63) is 65.0 Å². The predicted molar refractivity (Wildman–Crippen MR) is 92.9 cm³/mol. The van der Waals surface area contributed by atoms with Crippen LogP contribution in [0.2, 0.25) is 10.0 Å². The molecule has 0 saturated heterocycles. The van der Waals surface area contributed by atoms with Crippen molar-refractivity contribution in [1.82, 2.24) is 5.32 Å². The molecular weight excluding hydrogens is 353 g/mol. The summed E-state index contributed by atoms with van der Waals surface area (Å²) >= 11 is 12.0. The molecule has 0 aliphatic heterocycles. The van der Waals surface area contributed by atoms with E-state index < -0.39 is 6.09 Å². The minimum absolute atomic E-state index is 0.345. The van der Waals surface area contributed by atoms with E-state index in [9.17, 15) is 4.79 Å². The lowest BCUT2D eigenvalue weighted by Crippen LogP contribution is -2.21. The first kappa shape index (κ1) is 18.0. The van der Waals surface area contributed by atoms with Gasteiger partial charge in [0, 0.05) is 17.6 Å². The van der Waals surface area contributed by atoms with Crippen molar-refractivity contribution in [1.29, 1.82) is 0 Å². The van der Waals surface area contributed by atoms with Gasteiger partial charge in [-0.25, -0.2) is 4.79 Å². The number of carbonyl (C=O) groups excluding carboxylic acids is 1. The Morgan fingerprint density at radius 1 is 1.12 bits per heavy atom. The maximum Gasteiger partial charge on any atom is 0.412 e. The van der Waals surface area contributed by atoms with Crippen LogP contribution in [0.3, 0.4) is 0 Å². The number of carbonyl (C=O) groups is 1. The van der Waals surface area contributed by atoms with Gasteiger partial charge >= 0.3 is 6.09 Å². The maximum atomic E-state index is 11.1. The fourth-order valence-corrected chi connectivity index (χ4v) is 2.08. The Hall–Kier alpha value is -2.37. The quantitative estimate of drug-likeness (QED) is 0.696. The fraction of sp³-hybridized carbons (Fsp3) is 0.118. The van der Waals surface area contributed by atoms with Crippen LogP contribution in [0.25, 0.3) is 0 Å². The zero-order valence-corrected chi connectivity index (χ0v) is 14.3. The van der Waals surface area contributed by atoms with Crippen LogP contribution in [0.1, 0.15) is 6.92 Å². The highest BCUT2D eigenvalue weighted by Gasteiger charge is 2.05. The standard InChI is InChI=1S/C17H15Cl2NO4/c1-2-20-17(21)23-9-8-22-16-7-6-14(11-15(16)19)24-13-5-3-4-12(18)10-13/h3-11H,2H2,1H3,(H,20,21)/b9-8+. The summed E-state index contributed by atoms with van der Waals surface area (Å²) in [7, 11) is 0. The number of amides is 1. The molecule has 2 aromatic carbocycles. The number of halogens is 2. The molecule has 2 aromatic rings. The van der Waals surface area contributed by atoms with Gasteiger partial charge in [0.2, 0.25) is 0 Å². The number of benzene rings is 2. The number of hydrogen-bond donors (Lipinski definition) is 1. The molecule has 0 aliphatic carbocycles. The van der Waals surface area contributed by atoms with Gasteiger partial charge in [0.1, 0.15) is 29.8 Å². The topological polar surface area (TPSA) is 56.8 Å². The van der Waals surface area contributed by atoms with E-state index in [2.05, 4.69) is 5.32 Å². The molecule has 0 atom stereocenters. The number of alkyl carbamates (subject to hydrolysis) is 1. The van der Waals surface area contributed by atoms with E-state index in [1.54, 1.807) is 49.4 Å². The third-order valence-electron chi connectivity index (χ3n) is 2.68. The van der Waals surface area contributed by atoms with Gasteiger partial charge < -0.3 is 19.5 Å². The third kappa shape index (κ3) is 5.68. The van der Waals surface area contributed by atoms with Gasteiger partial charge in [-0.1, -0.05) is 29.3 Å². The van der Waals surface area contributed by atoms with Gasteiger partial charge in [-0.2, -0.15) is 0 Å². The fourth-order valence-electron chi connectivity index (χ4n) is 1.68. The molecule has 0 unspecified atom stereocenters. The summed E-state index contributed by atoms with van der Waals surface area (Å²) in [5.74, 6) is 1.53. The van der Waals surface area contributed by atoms with Gasteiger partial charge in [-0.15, -0.1) is 0 Å². The molecule has 5 nitrogen and oxygen atoms in total. The normalized spacial score (nSPS) is 10.5. The summed E-state index contributed by atoms with van der Waals surface area (Å²) in [5.41, 5.74) is 0. The van der Waals surface area contributed by atoms with Crippen LogP contribution >= 0.6 is 23.2 Å². The Kier molecular flexibility index (Phi) is 6.78. The molecular formula is C17H15Cl2NO4. The van der Waals surface area contributed by atoms with E-state index in [1.165, 1.54) is 6.26 Å². The van der Waals surface area contributed by atoms with Crippen molar-refractivity contribution in [2.24, 2.45) is 0 Å². The van der Waals surface area contributed by atoms with E-state index in [0.717, 1.165) is 6.26 Å². The number of rotatable bonds is 6. The summed E-state index contributed by atoms with van der Waals surface area (Å²) in [6.45, 7) is 2.27. The molecule has 126 valence electrons. The summed E-state index contributed by atoms with van der Waals surface area (Å²) in [6.07, 6.45) is 1.78. The second kappa shape index (κ2) is 9.05. The Balaban J connectivity index is 1.94. The van der Waals surface area contributed by atoms with E-state index >= 15 is 0 Å². The second-order valence-electron chi connectivity index (χ2n) is 4.48. The Labute approximate surface area is 149 Å². The monoisotopic (exact) mass is 367 g/mol. The zero-order valence-electron chi connectivity index (χ0n) is 12.8. The van der Waals surface area contributed by atoms with E-state index in [0.29, 0.717) is 33.8 Å². The molecule has 1 N–H and O–H groups in total. The van der Waals surface area contributed by atoms with Crippen LogP contribution < -0.4 is 14.8 Å². The molecule has 0 radical (unpaired) electrons. The lowest BCUT2D eigenvalue weighted by molar-refractivity contribution is 0.184. The molecule has 24 heavy (non-hydrogen) atoms. The Morgan fingerprint density at radius 2 is 1.92 bits per heavy atom. The van der Waals surface area contributed by atoms with Gasteiger partial charge in [-0.05, 0) is 37.3 Å². The maximum absolute atomic E-state index is 11.1. The first-order chi connectivity index (χ1) is 11.6. The van der Waals surface area contributed by atoms with Gasteiger partial charge in [0.05, 0.1) is 5.02 Å². The summed E-state index contributed by atoms with van der Waals surface area (Å²) in [6, 6.07) is 12.0. The van der Waals surface area contributed by atoms with Crippen LogP contribution in [-0.2, 0) is 4.74 Å². The Morgan fingerprint density at radius 3 is 2.62 bits per heavy atom. The largest absolute Gasteiger partial charge is 0.460 e. The van der Waals surface area contributed by atoms with Gasteiger partial charge in [0.15, 0.2) is 0 Å². The summed E-state index contributed by atoms with van der Waals surface area (Å²) < 4.78 is 15.7. The molecule has 0 aromatic heterocycles. The molecule has 0 saturated carbocycles. The molecule has 2 rings (SSSR count). The third-order valence-corrected chi connectivity index (χ3v) is 3.21. The van der Waals surface area contributed by atoms with Crippen LogP contribution in [0.4, 0.5) is 4.79 Å². The van der Waals surface area contributed by atoms with E-state index in [4.69, 9.17) is 37.4 Å². The summed E-state index contributed by atoms with van der Waals surface area (Å²) in [4.78, 5) is 11.1. The molecule has 1 amide bonds. The molecule has 0 aliphatic rings. The SMILES string of the molecule is CCNC(=O)O/C=C/Oc1ccc(Oc2cccc(Cl)c2)cc1Cl. The highest BCUT2D eigenvalue weighted by Crippen LogP contribution is 2.32. The molecule has 0 spiro atoms. The number of hydrogen-bond acceptors (Lipinski definition) is 4. The van der Waals surface area contributed by atoms with Crippen molar-refractivity contribution in [3.63, 3.8) is 0 Å². The van der Waals surface area contributed by atoms with Crippen molar-refractivity contribution >= 4 is 29.3 Å². The van der Waals surface area contributed by atoms with Crippen molar-refractivity contribution in [2.45, 2.75) is 6.92 Å². The minimum atomic E-state index is -0.561. The van der Waals surface area contributed by atoms with Crippen LogP contribution in [-0.4, -0.2) is 12.6 Å². The molecule has 0 bridgehead atoms. The van der Waals surface area contributed by atoms with Gasteiger partial charge in [0.25, 0.3) is 0 Å². The number of nitrogens with one attached hydrogen (secondary N) is 1. The molecule has 0 fully saturated rings. The lowest BCUT2D eigenvalue weighted by Gasteiger charge is -2.08. The van der Waals surface area contributed by atoms with Crippen LogP contribution in [0.15, 0.2) is 55.0 Å². The zero-order chi connectivity index (χ0) is 17.4. The lowest BCUT2D eigenvalue weighted by atomic mass is 10.3. The van der Waals surface area contributed by atoms with Crippen LogP contribution in [0.5, 0.6) is 17.2 Å². The van der Waals surface area contributed by atoms with E-state index in [1.807, 2.05) is 0 Å². The van der Waals surface area contributed by atoms with Crippen molar-refractivity contribution in [2.75, 3.05) is 6.54 Å². The van der Waals surface area contributed by atoms with Crippen molar-refractivity contribution in [3.8, 4) is 17.2 Å². The molecule has 7 heteroatoms. The molecule has 0 heterocycles. The van der Waals surface area contributed by atoms with E-state index in [-0.39, 0.29) is 0 Å². The average molecular weight is 368 g/mol. The minimum Gasteiger partial charge on any atom is -0.460 e. The average Bonchev–Trinajstić information content (AvgIpc) is 2.53. The van der Waals surface area contributed by atoms with Crippen LogP contribution in [0, 0.1) is 0 Å². The second-order valence-corrected chi connectivity index (χ2v) is 5.32. The highest BCUT2D eigenvalue weighted by atomic mass is 35.5. The van der Waals surface area contributed by atoms with Gasteiger partial charge in [-0.3, -0.25) is 0 Å². The van der Waals surface area contributed by atoms with Crippen molar-refractivity contribution < 1.29 is 19.0 Å². The first-order valence-electron chi connectivity index (χ1n) is 7.07. The summed E-state index contributed by atoms with van der Waals surface area (Å²) in [5, 5.41) is 3.39. The first-order valence-corrected chi connectivity index (χ1v) is 7.83. The number of ether oxygens (including phenoxy) is 3.